The van der Waals surface area contributed by atoms with Crippen LogP contribution in [0.5, 0.6) is 0 Å². The van der Waals surface area contributed by atoms with Gasteiger partial charge in [0.05, 0.1) is 17.3 Å². The Hall–Kier alpha value is -1.61. The number of hydrogen-bond donors (Lipinski definition) is 1. The first-order chi connectivity index (χ1) is 7.84. The molecule has 0 saturated carbocycles. The summed E-state index contributed by atoms with van der Waals surface area (Å²) in [5.74, 6) is 0. The summed E-state index contributed by atoms with van der Waals surface area (Å²) in [7, 11) is 0. The fourth-order valence-electron chi connectivity index (χ4n) is 2.91. The molecule has 2 aliphatic rings. The Morgan fingerprint density at radius 2 is 2.00 bits per heavy atom. The van der Waals surface area contributed by atoms with E-state index >= 15 is 0 Å². The number of nitrogen functional groups attached to an aromatic ring is 1. The van der Waals surface area contributed by atoms with E-state index in [4.69, 9.17) is 15.5 Å². The predicted octanol–water partition coefficient (Wildman–Crippen LogP) is 2.72. The van der Waals surface area contributed by atoms with Crippen LogP contribution in [0, 0.1) is 0 Å². The van der Waals surface area contributed by atoms with Gasteiger partial charge in [-0.25, -0.2) is 4.98 Å². The summed E-state index contributed by atoms with van der Waals surface area (Å²) in [6.45, 7) is 0. The lowest BCUT2D eigenvalue weighted by Gasteiger charge is -2.14. The van der Waals surface area contributed by atoms with E-state index in [1.54, 1.807) is 0 Å². The predicted molar refractivity (Wildman–Crippen MR) is 62.0 cm³/mol. The maximum atomic E-state index is 6.24. The van der Waals surface area contributed by atoms with Crippen molar-refractivity contribution in [3.05, 3.63) is 35.5 Å². The number of hydrogen-bond acceptors (Lipinski definition) is 3. The smallest absolute Gasteiger partial charge is 0.101 e. The number of aromatic nitrogens is 1. The van der Waals surface area contributed by atoms with Crippen molar-refractivity contribution >= 4 is 16.6 Å². The fourth-order valence-corrected chi connectivity index (χ4v) is 2.91. The summed E-state index contributed by atoms with van der Waals surface area (Å²) in [6.07, 6.45) is 2.55. The summed E-state index contributed by atoms with van der Waals surface area (Å²) in [5.41, 5.74) is 10.3. The molecule has 0 radical (unpaired) electrons. The third-order valence-electron chi connectivity index (χ3n) is 3.65. The number of benzene rings is 1. The molecule has 16 heavy (non-hydrogen) atoms. The topological polar surface area (TPSA) is 48.1 Å². The number of pyridine rings is 1. The van der Waals surface area contributed by atoms with Gasteiger partial charge in [0.1, 0.15) is 6.10 Å². The Morgan fingerprint density at radius 3 is 2.94 bits per heavy atom. The average Bonchev–Trinajstić information content (AvgIpc) is 2.90. The van der Waals surface area contributed by atoms with Gasteiger partial charge in [-0.15, -0.1) is 0 Å². The first-order valence-electron chi connectivity index (χ1n) is 5.68. The summed E-state index contributed by atoms with van der Waals surface area (Å²) in [4.78, 5) is 4.69. The van der Waals surface area contributed by atoms with Gasteiger partial charge in [-0.05, 0) is 18.9 Å². The third-order valence-corrected chi connectivity index (χ3v) is 3.65. The van der Waals surface area contributed by atoms with E-state index in [9.17, 15) is 0 Å². The molecular formula is C13H12N2O. The summed E-state index contributed by atoms with van der Waals surface area (Å²) in [6, 6.07) is 8.04. The molecule has 2 N–H and O–H groups in total. The molecule has 4 rings (SSSR count). The highest BCUT2D eigenvalue weighted by atomic mass is 16.5. The third kappa shape index (κ3) is 0.895. The van der Waals surface area contributed by atoms with Crippen LogP contribution < -0.4 is 5.73 Å². The van der Waals surface area contributed by atoms with Crippen LogP contribution in [0.4, 0.5) is 5.69 Å². The minimum absolute atomic E-state index is 0.187. The van der Waals surface area contributed by atoms with E-state index in [-0.39, 0.29) is 12.2 Å². The lowest BCUT2D eigenvalue weighted by Crippen LogP contribution is -2.06. The van der Waals surface area contributed by atoms with Crippen LogP contribution in [-0.2, 0) is 4.74 Å². The van der Waals surface area contributed by atoms with Crippen molar-refractivity contribution in [2.45, 2.75) is 25.0 Å². The Bertz CT molecular complexity index is 594. The summed E-state index contributed by atoms with van der Waals surface area (Å²) >= 11 is 0. The van der Waals surface area contributed by atoms with Gasteiger partial charge >= 0.3 is 0 Å². The standard InChI is InChI=1S/C13H12N2O/c14-12-7-3-1-2-4-8(7)15-13-10-6-5-9(16-10)11(12)13/h1-4,9-10H,5-6H2,(H2,14,15). The lowest BCUT2D eigenvalue weighted by molar-refractivity contribution is 0.0706. The van der Waals surface area contributed by atoms with Crippen molar-refractivity contribution in [1.82, 2.24) is 4.98 Å². The zero-order valence-electron chi connectivity index (χ0n) is 8.81. The second kappa shape index (κ2) is 2.74. The van der Waals surface area contributed by atoms with Gasteiger partial charge in [-0.2, -0.15) is 0 Å². The first-order valence-corrected chi connectivity index (χ1v) is 5.68. The Kier molecular flexibility index (Phi) is 1.46. The monoisotopic (exact) mass is 212 g/mol. The molecule has 0 spiro atoms. The largest absolute Gasteiger partial charge is 0.398 e. The van der Waals surface area contributed by atoms with Crippen molar-refractivity contribution in [2.24, 2.45) is 0 Å². The van der Waals surface area contributed by atoms with Crippen molar-refractivity contribution < 1.29 is 4.74 Å². The van der Waals surface area contributed by atoms with E-state index in [0.29, 0.717) is 0 Å². The number of nitrogens with two attached hydrogens (primary N) is 1. The molecule has 1 fully saturated rings. The fraction of sp³-hybridized carbons (Fsp3) is 0.308. The minimum atomic E-state index is 0.187. The van der Waals surface area contributed by atoms with Crippen molar-refractivity contribution in [1.29, 1.82) is 0 Å². The zero-order chi connectivity index (χ0) is 10.7. The van der Waals surface area contributed by atoms with Crippen molar-refractivity contribution in [3.8, 4) is 0 Å². The van der Waals surface area contributed by atoms with Gasteiger partial charge < -0.3 is 10.5 Å². The van der Waals surface area contributed by atoms with Crippen molar-refractivity contribution in [3.63, 3.8) is 0 Å². The summed E-state index contributed by atoms with van der Waals surface area (Å²) < 4.78 is 5.85. The van der Waals surface area contributed by atoms with Gasteiger partial charge in [-0.1, -0.05) is 18.2 Å². The molecule has 0 aliphatic carbocycles. The number of nitrogens with zero attached hydrogens (tertiary/aromatic N) is 1. The highest BCUT2D eigenvalue weighted by Gasteiger charge is 2.41. The van der Waals surface area contributed by atoms with Crippen LogP contribution >= 0.6 is 0 Å². The van der Waals surface area contributed by atoms with Crippen LogP contribution in [0.3, 0.4) is 0 Å². The molecule has 2 atom stereocenters. The van der Waals surface area contributed by atoms with Gasteiger partial charge in [0, 0.05) is 16.6 Å². The zero-order valence-corrected chi connectivity index (χ0v) is 8.81. The van der Waals surface area contributed by atoms with E-state index in [0.717, 1.165) is 40.7 Å². The molecule has 2 bridgehead atoms. The second-order valence-corrected chi connectivity index (χ2v) is 4.53. The number of ether oxygens (including phenoxy) is 1. The molecule has 3 nitrogen and oxygen atoms in total. The second-order valence-electron chi connectivity index (χ2n) is 4.53. The van der Waals surface area contributed by atoms with E-state index < -0.39 is 0 Å². The molecule has 1 saturated heterocycles. The molecule has 1 aromatic carbocycles. The van der Waals surface area contributed by atoms with E-state index in [1.807, 2.05) is 24.3 Å². The Balaban J connectivity index is 2.13. The van der Waals surface area contributed by atoms with Crippen LogP contribution in [0.2, 0.25) is 0 Å². The average molecular weight is 212 g/mol. The molecule has 80 valence electrons. The Labute approximate surface area is 93.2 Å². The molecule has 0 amide bonds. The van der Waals surface area contributed by atoms with E-state index in [2.05, 4.69) is 0 Å². The summed E-state index contributed by atoms with van der Waals surface area (Å²) in [5, 5.41) is 1.05. The van der Waals surface area contributed by atoms with Crippen LogP contribution in [0.15, 0.2) is 24.3 Å². The number of fused-ring (bicyclic) bond motifs is 6. The van der Waals surface area contributed by atoms with Gasteiger partial charge in [0.2, 0.25) is 0 Å². The minimum Gasteiger partial charge on any atom is -0.398 e. The molecule has 3 heterocycles. The molecule has 2 aromatic rings. The SMILES string of the molecule is Nc1c2c(nc3ccccc13)C1CCC2O1. The van der Waals surface area contributed by atoms with Crippen LogP contribution in [-0.4, -0.2) is 4.98 Å². The highest BCUT2D eigenvalue weighted by Crippen LogP contribution is 2.52. The maximum Gasteiger partial charge on any atom is 0.101 e. The molecule has 1 aromatic heterocycles. The highest BCUT2D eigenvalue weighted by molar-refractivity contribution is 5.92. The molecular weight excluding hydrogens is 200 g/mol. The van der Waals surface area contributed by atoms with Gasteiger partial charge in [0.15, 0.2) is 0 Å². The van der Waals surface area contributed by atoms with Crippen LogP contribution in [0.25, 0.3) is 10.9 Å². The number of rotatable bonds is 0. The lowest BCUT2D eigenvalue weighted by atomic mass is 9.93. The first kappa shape index (κ1) is 8.53. The quantitative estimate of drug-likeness (QED) is 0.730. The van der Waals surface area contributed by atoms with Crippen LogP contribution in [0.1, 0.15) is 36.3 Å². The molecule has 2 unspecified atom stereocenters. The maximum absolute atomic E-state index is 6.24. The van der Waals surface area contributed by atoms with Gasteiger partial charge in [0.25, 0.3) is 0 Å². The Morgan fingerprint density at radius 1 is 1.19 bits per heavy atom. The number of anilines is 1. The van der Waals surface area contributed by atoms with Crippen molar-refractivity contribution in [2.75, 3.05) is 5.73 Å². The van der Waals surface area contributed by atoms with E-state index in [1.165, 1.54) is 0 Å². The molecule has 3 heteroatoms. The molecule has 2 aliphatic heterocycles. The normalized spacial score (nSPS) is 26.2. The number of para-hydroxylation sites is 1. The van der Waals surface area contributed by atoms with Gasteiger partial charge in [-0.3, -0.25) is 0 Å².